The Bertz CT molecular complexity index is 1240. The summed E-state index contributed by atoms with van der Waals surface area (Å²) in [5.41, 5.74) is 2.54. The molecule has 2 aromatic carbocycles. The molecule has 0 bridgehead atoms. The lowest BCUT2D eigenvalue weighted by molar-refractivity contribution is -0.115. The lowest BCUT2D eigenvalue weighted by Crippen LogP contribution is -2.25. The summed E-state index contributed by atoms with van der Waals surface area (Å²) in [6.07, 6.45) is 0.559. The summed E-state index contributed by atoms with van der Waals surface area (Å²) >= 11 is 7.43. The van der Waals surface area contributed by atoms with E-state index in [0.29, 0.717) is 34.7 Å². The van der Waals surface area contributed by atoms with E-state index in [1.54, 1.807) is 41.0 Å². The summed E-state index contributed by atoms with van der Waals surface area (Å²) < 4.78 is 27.5. The van der Waals surface area contributed by atoms with Gasteiger partial charge in [-0.25, -0.2) is 8.42 Å². The van der Waals surface area contributed by atoms with Crippen molar-refractivity contribution < 1.29 is 13.2 Å². The maximum absolute atomic E-state index is 12.9. The van der Waals surface area contributed by atoms with Crippen LogP contribution in [0.4, 0.5) is 5.69 Å². The molecular formula is C23H27ClN4O3S2. The van der Waals surface area contributed by atoms with Gasteiger partial charge >= 0.3 is 0 Å². The van der Waals surface area contributed by atoms with Crippen LogP contribution in [0.2, 0.25) is 5.02 Å². The van der Waals surface area contributed by atoms with Gasteiger partial charge in [0, 0.05) is 17.3 Å². The number of carbonyl (C=O) groups is 1. The Labute approximate surface area is 203 Å². The Morgan fingerprint density at radius 1 is 1.12 bits per heavy atom. The number of halogens is 1. The Kier molecular flexibility index (Phi) is 8.20. The highest BCUT2D eigenvalue weighted by Crippen LogP contribution is 2.28. The number of anilines is 1. The maximum atomic E-state index is 12.9. The van der Waals surface area contributed by atoms with E-state index in [-0.39, 0.29) is 16.6 Å². The number of nitrogens with zero attached hydrogens (tertiary/aromatic N) is 3. The zero-order chi connectivity index (χ0) is 24.2. The van der Waals surface area contributed by atoms with E-state index in [0.717, 1.165) is 11.1 Å². The molecule has 0 aliphatic rings. The van der Waals surface area contributed by atoms with Gasteiger partial charge in [-0.1, -0.05) is 54.0 Å². The SMILES string of the molecule is CCC(Sc1nnc(CS(=O)(=O)c2ccc(C)cc2)n1CC)C(=O)Nc1ccc(C)c(Cl)c1. The molecule has 1 heterocycles. The average Bonchev–Trinajstić information content (AvgIpc) is 3.15. The quantitative estimate of drug-likeness (QED) is 0.408. The van der Waals surface area contributed by atoms with Gasteiger partial charge in [-0.3, -0.25) is 4.79 Å². The summed E-state index contributed by atoms with van der Waals surface area (Å²) in [5.74, 6) is -0.0921. The molecule has 1 aromatic heterocycles. The Hall–Kier alpha value is -2.36. The zero-order valence-corrected chi connectivity index (χ0v) is 21.4. The van der Waals surface area contributed by atoms with Gasteiger partial charge in [0.05, 0.1) is 10.1 Å². The molecule has 10 heteroatoms. The van der Waals surface area contributed by atoms with E-state index in [2.05, 4.69) is 15.5 Å². The molecule has 1 amide bonds. The molecule has 7 nitrogen and oxygen atoms in total. The van der Waals surface area contributed by atoms with E-state index >= 15 is 0 Å². The number of sulfone groups is 1. The summed E-state index contributed by atoms with van der Waals surface area (Å²) in [7, 11) is -3.57. The fourth-order valence-corrected chi connectivity index (χ4v) is 5.66. The van der Waals surface area contributed by atoms with E-state index in [1.807, 2.05) is 33.8 Å². The summed E-state index contributed by atoms with van der Waals surface area (Å²) in [6.45, 7) is 8.09. The second-order valence-corrected chi connectivity index (χ2v) is 11.2. The number of benzene rings is 2. The average molecular weight is 507 g/mol. The largest absolute Gasteiger partial charge is 0.325 e. The molecule has 33 heavy (non-hydrogen) atoms. The van der Waals surface area contributed by atoms with Crippen LogP contribution >= 0.6 is 23.4 Å². The molecule has 176 valence electrons. The minimum absolute atomic E-state index is 0.179. The van der Waals surface area contributed by atoms with Gasteiger partial charge in [0.25, 0.3) is 0 Å². The lowest BCUT2D eigenvalue weighted by Gasteiger charge is -2.15. The van der Waals surface area contributed by atoms with Crippen molar-refractivity contribution in [3.05, 3.63) is 64.4 Å². The number of aryl methyl sites for hydroxylation is 2. The Morgan fingerprint density at radius 2 is 1.82 bits per heavy atom. The van der Waals surface area contributed by atoms with Gasteiger partial charge in [0.15, 0.2) is 15.0 Å². The third kappa shape index (κ3) is 6.16. The predicted molar refractivity (Wildman–Crippen MR) is 133 cm³/mol. The van der Waals surface area contributed by atoms with Crippen LogP contribution in [0.25, 0.3) is 0 Å². The molecule has 0 radical (unpaired) electrons. The smallest absolute Gasteiger partial charge is 0.237 e. The highest BCUT2D eigenvalue weighted by molar-refractivity contribution is 8.00. The highest BCUT2D eigenvalue weighted by atomic mass is 35.5. The number of rotatable bonds is 9. The maximum Gasteiger partial charge on any atom is 0.237 e. The molecule has 0 fully saturated rings. The van der Waals surface area contributed by atoms with E-state index in [9.17, 15) is 13.2 Å². The predicted octanol–water partition coefficient (Wildman–Crippen LogP) is 5.05. The van der Waals surface area contributed by atoms with Crippen molar-refractivity contribution in [2.24, 2.45) is 0 Å². The zero-order valence-electron chi connectivity index (χ0n) is 19.0. The Balaban J connectivity index is 1.77. The lowest BCUT2D eigenvalue weighted by atomic mass is 10.2. The van der Waals surface area contributed by atoms with Gasteiger partial charge in [-0.05, 0) is 57.0 Å². The van der Waals surface area contributed by atoms with E-state index in [4.69, 9.17) is 11.6 Å². The number of aromatic nitrogens is 3. The van der Waals surface area contributed by atoms with Gasteiger partial charge < -0.3 is 9.88 Å². The fourth-order valence-electron chi connectivity index (χ4n) is 3.17. The van der Waals surface area contributed by atoms with Gasteiger partial charge in [0.1, 0.15) is 11.6 Å². The minimum Gasteiger partial charge on any atom is -0.325 e. The molecular weight excluding hydrogens is 480 g/mol. The van der Waals surface area contributed by atoms with Crippen LogP contribution in [-0.4, -0.2) is 34.3 Å². The number of carbonyl (C=O) groups excluding carboxylic acids is 1. The molecule has 0 aliphatic carbocycles. The number of hydrogen-bond donors (Lipinski definition) is 1. The van der Waals surface area contributed by atoms with Crippen molar-refractivity contribution in [2.45, 2.75) is 61.7 Å². The van der Waals surface area contributed by atoms with Gasteiger partial charge in [-0.2, -0.15) is 0 Å². The van der Waals surface area contributed by atoms with E-state index in [1.165, 1.54) is 11.8 Å². The van der Waals surface area contributed by atoms with Gasteiger partial charge in [-0.15, -0.1) is 10.2 Å². The highest BCUT2D eigenvalue weighted by Gasteiger charge is 2.25. The fraction of sp³-hybridized carbons (Fsp3) is 0.348. The second-order valence-electron chi connectivity index (χ2n) is 7.68. The summed E-state index contributed by atoms with van der Waals surface area (Å²) in [4.78, 5) is 13.1. The molecule has 0 aliphatic heterocycles. The molecule has 0 saturated heterocycles. The molecule has 0 spiro atoms. The monoisotopic (exact) mass is 506 g/mol. The van der Waals surface area contributed by atoms with Crippen LogP contribution in [0.3, 0.4) is 0 Å². The number of hydrogen-bond acceptors (Lipinski definition) is 6. The summed E-state index contributed by atoms with van der Waals surface area (Å²) in [6, 6.07) is 12.1. The Morgan fingerprint density at radius 3 is 2.42 bits per heavy atom. The first-order valence-electron chi connectivity index (χ1n) is 10.6. The van der Waals surface area contributed by atoms with Crippen molar-refractivity contribution >= 4 is 44.8 Å². The van der Waals surface area contributed by atoms with Crippen molar-refractivity contribution in [1.29, 1.82) is 0 Å². The topological polar surface area (TPSA) is 93.9 Å². The minimum atomic E-state index is -3.57. The first-order valence-corrected chi connectivity index (χ1v) is 13.5. The van der Waals surface area contributed by atoms with Crippen LogP contribution in [0.15, 0.2) is 52.5 Å². The van der Waals surface area contributed by atoms with Crippen molar-refractivity contribution in [3.8, 4) is 0 Å². The number of amides is 1. The molecule has 3 rings (SSSR count). The van der Waals surface area contributed by atoms with Crippen molar-refractivity contribution in [1.82, 2.24) is 14.8 Å². The van der Waals surface area contributed by atoms with Crippen LogP contribution in [0.5, 0.6) is 0 Å². The first-order chi connectivity index (χ1) is 15.6. The van der Waals surface area contributed by atoms with Gasteiger partial charge in [0.2, 0.25) is 5.91 Å². The molecule has 1 atom stereocenters. The second kappa shape index (κ2) is 10.7. The number of thioether (sulfide) groups is 1. The van der Waals surface area contributed by atoms with Crippen LogP contribution in [0, 0.1) is 13.8 Å². The standard InChI is InChI=1S/C23H27ClN4O3S2/c1-5-20(22(29)25-17-10-9-16(4)19(24)13-17)32-23-27-26-21(28(23)6-2)14-33(30,31)18-11-7-15(3)8-12-18/h7-13,20H,5-6,14H2,1-4H3,(H,25,29). The molecule has 1 unspecified atom stereocenters. The van der Waals surface area contributed by atoms with Crippen molar-refractivity contribution in [2.75, 3.05) is 5.32 Å². The first kappa shape index (κ1) is 25.3. The molecule has 0 saturated carbocycles. The number of nitrogens with one attached hydrogen (secondary N) is 1. The molecule has 3 aromatic rings. The normalized spacial score (nSPS) is 12.5. The summed E-state index contributed by atoms with van der Waals surface area (Å²) in [5, 5.41) is 11.9. The third-order valence-corrected chi connectivity index (χ3v) is 8.54. The van der Waals surface area contributed by atoms with Crippen LogP contribution < -0.4 is 5.32 Å². The van der Waals surface area contributed by atoms with E-state index < -0.39 is 15.1 Å². The van der Waals surface area contributed by atoms with Crippen LogP contribution in [0.1, 0.15) is 37.2 Å². The van der Waals surface area contributed by atoms with Crippen LogP contribution in [-0.2, 0) is 26.9 Å². The van der Waals surface area contributed by atoms with Crippen molar-refractivity contribution in [3.63, 3.8) is 0 Å². The molecule has 1 N–H and O–H groups in total. The third-order valence-electron chi connectivity index (χ3n) is 5.16.